The molecule has 1 rings (SSSR count). The summed E-state index contributed by atoms with van der Waals surface area (Å²) in [4.78, 5) is 22.3. The quantitative estimate of drug-likeness (QED) is 0.438. The van der Waals surface area contributed by atoms with Crippen molar-refractivity contribution in [1.82, 2.24) is 10.6 Å². The van der Waals surface area contributed by atoms with Gasteiger partial charge in [0.1, 0.15) is 6.04 Å². The average Bonchev–Trinajstić information content (AvgIpc) is 3.14. The molecule has 1 aliphatic carbocycles. The largest absolute Gasteiger partial charge is 0.467 e. The van der Waals surface area contributed by atoms with Gasteiger partial charge in [-0.15, -0.1) is 0 Å². The van der Waals surface area contributed by atoms with E-state index < -0.39 is 12.0 Å². The van der Waals surface area contributed by atoms with Gasteiger partial charge in [-0.1, -0.05) is 0 Å². The van der Waals surface area contributed by atoms with Crippen molar-refractivity contribution in [2.24, 2.45) is 5.92 Å². The molecular formula is C12H22N2O4. The third-order valence-corrected chi connectivity index (χ3v) is 2.69. The topological polar surface area (TPSA) is 76.7 Å². The van der Waals surface area contributed by atoms with Crippen molar-refractivity contribution in [3.63, 3.8) is 0 Å². The molecule has 1 fully saturated rings. The molecule has 6 heteroatoms. The Morgan fingerprint density at radius 3 is 2.67 bits per heavy atom. The van der Waals surface area contributed by atoms with Crippen LogP contribution >= 0.6 is 0 Å². The molecule has 2 N–H and O–H groups in total. The van der Waals surface area contributed by atoms with Crippen LogP contribution in [0.4, 0.5) is 0 Å². The molecule has 6 nitrogen and oxygen atoms in total. The lowest BCUT2D eigenvalue weighted by atomic mass is 10.3. The molecule has 1 atom stereocenters. The molecule has 0 heterocycles. The van der Waals surface area contributed by atoms with Crippen molar-refractivity contribution >= 4 is 11.9 Å². The van der Waals surface area contributed by atoms with Crippen LogP contribution in [0.2, 0.25) is 0 Å². The number of esters is 1. The molecule has 1 aliphatic rings. The van der Waals surface area contributed by atoms with Gasteiger partial charge >= 0.3 is 5.97 Å². The summed E-state index contributed by atoms with van der Waals surface area (Å²) in [6, 6.07) is -0.643. The Hall–Kier alpha value is -1.14. The Morgan fingerprint density at radius 1 is 1.39 bits per heavy atom. The lowest BCUT2D eigenvalue weighted by Gasteiger charge is -2.16. The summed E-state index contributed by atoms with van der Waals surface area (Å²) in [5.41, 5.74) is 0. The molecule has 0 aliphatic heterocycles. The molecule has 1 saturated carbocycles. The smallest absolute Gasteiger partial charge is 0.329 e. The van der Waals surface area contributed by atoms with Crippen molar-refractivity contribution in [1.29, 1.82) is 0 Å². The number of amides is 1. The Morgan fingerprint density at radius 2 is 2.11 bits per heavy atom. The predicted octanol–water partition coefficient (Wildman–Crippen LogP) is -0.320. The third kappa shape index (κ3) is 6.56. The number of ether oxygens (including phenoxy) is 2. The van der Waals surface area contributed by atoms with Gasteiger partial charge in [0.2, 0.25) is 5.91 Å². The van der Waals surface area contributed by atoms with Crippen LogP contribution in [0.15, 0.2) is 0 Å². The zero-order chi connectivity index (χ0) is 13.4. The predicted molar refractivity (Wildman–Crippen MR) is 66.0 cm³/mol. The molecule has 1 amide bonds. The summed E-state index contributed by atoms with van der Waals surface area (Å²) < 4.78 is 10.0. The van der Waals surface area contributed by atoms with Crippen LogP contribution in [0.25, 0.3) is 0 Å². The molecular weight excluding hydrogens is 236 g/mol. The van der Waals surface area contributed by atoms with E-state index in [0.29, 0.717) is 19.7 Å². The molecule has 0 radical (unpaired) electrons. The number of methoxy groups -OCH3 is 1. The Kier molecular flexibility index (Phi) is 6.67. The summed E-state index contributed by atoms with van der Waals surface area (Å²) in [5.74, 6) is 0.0565. The standard InChI is InChI=1S/C12H22N2O4/c1-9(15)14-11(12(16)17-2)7-13-5-6-18-8-10-3-4-10/h10-11,13H,3-8H2,1-2H3,(H,14,15). The minimum atomic E-state index is -0.643. The molecule has 0 spiro atoms. The third-order valence-electron chi connectivity index (χ3n) is 2.69. The van der Waals surface area contributed by atoms with E-state index in [-0.39, 0.29) is 5.91 Å². The van der Waals surface area contributed by atoms with Gasteiger partial charge in [0.25, 0.3) is 0 Å². The lowest BCUT2D eigenvalue weighted by molar-refractivity contribution is -0.144. The lowest BCUT2D eigenvalue weighted by Crippen LogP contribution is -2.47. The van der Waals surface area contributed by atoms with Gasteiger partial charge in [-0.05, 0) is 18.8 Å². The summed E-state index contributed by atoms with van der Waals surface area (Å²) in [6.07, 6.45) is 2.56. The maximum absolute atomic E-state index is 11.4. The highest BCUT2D eigenvalue weighted by Crippen LogP contribution is 2.28. The first-order valence-electron chi connectivity index (χ1n) is 6.27. The Balaban J connectivity index is 2.07. The van der Waals surface area contributed by atoms with E-state index in [9.17, 15) is 9.59 Å². The second-order valence-corrected chi connectivity index (χ2v) is 4.50. The normalized spacial score (nSPS) is 16.1. The van der Waals surface area contributed by atoms with E-state index in [0.717, 1.165) is 12.5 Å². The zero-order valence-electron chi connectivity index (χ0n) is 11.0. The van der Waals surface area contributed by atoms with Crippen LogP contribution in [0, 0.1) is 5.92 Å². The van der Waals surface area contributed by atoms with Crippen molar-refractivity contribution in [2.45, 2.75) is 25.8 Å². The van der Waals surface area contributed by atoms with E-state index >= 15 is 0 Å². The Bertz CT molecular complexity index is 279. The fraction of sp³-hybridized carbons (Fsp3) is 0.833. The maximum Gasteiger partial charge on any atom is 0.329 e. The number of hydrogen-bond acceptors (Lipinski definition) is 5. The molecule has 0 bridgehead atoms. The molecule has 1 unspecified atom stereocenters. The van der Waals surface area contributed by atoms with Crippen molar-refractivity contribution in [3.8, 4) is 0 Å². The van der Waals surface area contributed by atoms with Gasteiger partial charge in [0.05, 0.1) is 13.7 Å². The number of carbonyl (C=O) groups is 2. The first-order chi connectivity index (χ1) is 8.63. The molecule has 104 valence electrons. The number of nitrogens with one attached hydrogen (secondary N) is 2. The van der Waals surface area contributed by atoms with Crippen LogP contribution in [-0.2, 0) is 19.1 Å². The summed E-state index contributed by atoms with van der Waals surface area (Å²) in [5, 5.41) is 5.59. The van der Waals surface area contributed by atoms with E-state index in [4.69, 9.17) is 4.74 Å². The van der Waals surface area contributed by atoms with Crippen LogP contribution in [0.5, 0.6) is 0 Å². The van der Waals surface area contributed by atoms with Gasteiger partial charge in [-0.3, -0.25) is 4.79 Å². The maximum atomic E-state index is 11.4. The number of hydrogen-bond donors (Lipinski definition) is 2. The minimum Gasteiger partial charge on any atom is -0.467 e. The van der Waals surface area contributed by atoms with Gasteiger partial charge in [0.15, 0.2) is 0 Å². The van der Waals surface area contributed by atoms with Crippen molar-refractivity contribution in [3.05, 3.63) is 0 Å². The van der Waals surface area contributed by atoms with Gasteiger partial charge in [-0.25, -0.2) is 4.79 Å². The first-order valence-corrected chi connectivity index (χ1v) is 6.27. The summed E-state index contributed by atoms with van der Waals surface area (Å²) >= 11 is 0. The van der Waals surface area contributed by atoms with Gasteiger partial charge < -0.3 is 20.1 Å². The number of rotatable bonds is 9. The second kappa shape index (κ2) is 8.05. The van der Waals surface area contributed by atoms with E-state index in [1.807, 2.05) is 0 Å². The Labute approximate surface area is 107 Å². The highest BCUT2D eigenvalue weighted by Gasteiger charge is 2.21. The monoisotopic (exact) mass is 258 g/mol. The van der Waals surface area contributed by atoms with Crippen LogP contribution in [-0.4, -0.2) is 51.3 Å². The average molecular weight is 258 g/mol. The fourth-order valence-electron chi connectivity index (χ4n) is 1.51. The molecule has 0 aromatic heterocycles. The summed E-state index contributed by atoms with van der Waals surface area (Å²) in [6.45, 7) is 3.81. The van der Waals surface area contributed by atoms with Crippen LogP contribution < -0.4 is 10.6 Å². The molecule has 0 saturated heterocycles. The van der Waals surface area contributed by atoms with Gasteiger partial charge in [0, 0.05) is 26.6 Å². The van der Waals surface area contributed by atoms with Crippen molar-refractivity contribution < 1.29 is 19.1 Å². The van der Waals surface area contributed by atoms with E-state index in [1.165, 1.54) is 26.9 Å². The fourth-order valence-corrected chi connectivity index (χ4v) is 1.51. The SMILES string of the molecule is COC(=O)C(CNCCOCC1CC1)NC(C)=O. The summed E-state index contributed by atoms with van der Waals surface area (Å²) in [7, 11) is 1.30. The molecule has 18 heavy (non-hydrogen) atoms. The van der Waals surface area contributed by atoms with Crippen molar-refractivity contribution in [2.75, 3.05) is 33.4 Å². The highest BCUT2D eigenvalue weighted by molar-refractivity contribution is 5.83. The zero-order valence-corrected chi connectivity index (χ0v) is 11.0. The first kappa shape index (κ1) is 14.9. The molecule has 0 aromatic rings. The number of carbonyl (C=O) groups excluding carboxylic acids is 2. The second-order valence-electron chi connectivity index (χ2n) is 4.50. The van der Waals surface area contributed by atoms with E-state index in [2.05, 4.69) is 15.4 Å². The minimum absolute atomic E-state index is 0.253. The van der Waals surface area contributed by atoms with Crippen LogP contribution in [0.3, 0.4) is 0 Å². The highest BCUT2D eigenvalue weighted by atomic mass is 16.5. The molecule has 0 aromatic carbocycles. The van der Waals surface area contributed by atoms with Crippen LogP contribution in [0.1, 0.15) is 19.8 Å². The van der Waals surface area contributed by atoms with Gasteiger partial charge in [-0.2, -0.15) is 0 Å². The van der Waals surface area contributed by atoms with E-state index in [1.54, 1.807) is 0 Å².